The number of cyclic esters (lactones) is 1. The van der Waals surface area contributed by atoms with Gasteiger partial charge in [-0.2, -0.15) is 0 Å². The van der Waals surface area contributed by atoms with Gasteiger partial charge in [-0.05, 0) is 25.9 Å². The average Bonchev–Trinajstić information content (AvgIpc) is 3.15. The van der Waals surface area contributed by atoms with Gasteiger partial charge in [-0.15, -0.1) is 10.2 Å². The highest BCUT2D eigenvalue weighted by Gasteiger charge is 2.28. The summed E-state index contributed by atoms with van der Waals surface area (Å²) in [6.07, 6.45) is 3.11. The highest BCUT2D eigenvalue weighted by molar-refractivity contribution is 7.99. The van der Waals surface area contributed by atoms with Crippen LogP contribution in [0.15, 0.2) is 9.64 Å². The first kappa shape index (κ1) is 15.3. The Hall–Kier alpha value is -1.61. The maximum absolute atomic E-state index is 11.9. The molecular formula is C13H18N4O4S. The van der Waals surface area contributed by atoms with E-state index in [1.54, 1.807) is 0 Å². The molecule has 120 valence electrons. The number of hydrogen-bond acceptors (Lipinski definition) is 8. The van der Waals surface area contributed by atoms with Crippen LogP contribution >= 0.6 is 11.8 Å². The van der Waals surface area contributed by atoms with E-state index in [9.17, 15) is 9.59 Å². The molecule has 22 heavy (non-hydrogen) atoms. The third kappa shape index (κ3) is 3.77. The Bertz CT molecular complexity index is 544. The molecule has 2 saturated heterocycles. The van der Waals surface area contributed by atoms with Gasteiger partial charge in [0, 0.05) is 0 Å². The van der Waals surface area contributed by atoms with Crippen molar-refractivity contribution in [1.29, 1.82) is 0 Å². The van der Waals surface area contributed by atoms with Gasteiger partial charge in [-0.3, -0.25) is 9.69 Å². The van der Waals surface area contributed by atoms with Gasteiger partial charge >= 0.3 is 6.09 Å². The van der Waals surface area contributed by atoms with Crippen molar-refractivity contribution in [3.63, 3.8) is 0 Å². The summed E-state index contributed by atoms with van der Waals surface area (Å²) < 4.78 is 10.3. The number of rotatable bonds is 5. The predicted octanol–water partition coefficient (Wildman–Crippen LogP) is 1.13. The number of nitrogens with zero attached hydrogens (tertiary/aromatic N) is 4. The van der Waals surface area contributed by atoms with Crippen molar-refractivity contribution in [3.8, 4) is 0 Å². The third-order valence-electron chi connectivity index (χ3n) is 3.64. The summed E-state index contributed by atoms with van der Waals surface area (Å²) >= 11 is 1.14. The Balaban J connectivity index is 1.47. The molecule has 0 saturated carbocycles. The number of aromatic nitrogens is 2. The van der Waals surface area contributed by atoms with Crippen LogP contribution in [0.1, 0.15) is 25.2 Å². The fraction of sp³-hybridized carbons (Fsp3) is 0.692. The molecule has 1 aromatic heterocycles. The van der Waals surface area contributed by atoms with Gasteiger partial charge in [-0.25, -0.2) is 9.69 Å². The standard InChI is InChI=1S/C13H18N4O4S/c18-11(17-6-7-20-13(17)19)9-22-12-15-14-10(21-12)8-16-4-2-1-3-5-16/h1-9H2. The molecule has 8 nitrogen and oxygen atoms in total. The number of carbonyl (C=O) groups excluding carboxylic acids is 2. The summed E-state index contributed by atoms with van der Waals surface area (Å²) in [5.74, 6) is 0.348. The summed E-state index contributed by atoms with van der Waals surface area (Å²) in [4.78, 5) is 26.5. The van der Waals surface area contributed by atoms with Crippen molar-refractivity contribution in [2.45, 2.75) is 31.0 Å². The summed E-state index contributed by atoms with van der Waals surface area (Å²) in [5, 5.41) is 8.29. The van der Waals surface area contributed by atoms with E-state index in [2.05, 4.69) is 15.1 Å². The van der Waals surface area contributed by atoms with Crippen molar-refractivity contribution in [2.75, 3.05) is 32.0 Å². The van der Waals surface area contributed by atoms with Crippen LogP contribution in [-0.2, 0) is 16.1 Å². The SMILES string of the molecule is O=C(CSc1nnc(CN2CCCCC2)o1)N1CCOC1=O. The molecule has 2 amide bonds. The molecular weight excluding hydrogens is 308 g/mol. The molecule has 1 aromatic rings. The Labute approximate surface area is 132 Å². The summed E-state index contributed by atoms with van der Waals surface area (Å²) in [5.41, 5.74) is 0. The van der Waals surface area contributed by atoms with Gasteiger partial charge in [0.1, 0.15) is 6.61 Å². The summed E-state index contributed by atoms with van der Waals surface area (Å²) in [6, 6.07) is 0. The number of imide groups is 1. The van der Waals surface area contributed by atoms with Crippen molar-refractivity contribution < 1.29 is 18.7 Å². The number of carbonyl (C=O) groups is 2. The lowest BCUT2D eigenvalue weighted by atomic mass is 10.1. The molecule has 0 aliphatic carbocycles. The number of amides is 2. The maximum Gasteiger partial charge on any atom is 0.416 e. The third-order valence-corrected chi connectivity index (χ3v) is 4.44. The number of thioether (sulfide) groups is 1. The predicted molar refractivity (Wildman–Crippen MR) is 77.2 cm³/mol. The lowest BCUT2D eigenvalue weighted by Gasteiger charge is -2.24. The molecule has 2 aliphatic heterocycles. The van der Waals surface area contributed by atoms with Gasteiger partial charge in [-0.1, -0.05) is 18.2 Å². The molecule has 2 aliphatic rings. The van der Waals surface area contributed by atoms with Crippen molar-refractivity contribution in [1.82, 2.24) is 20.0 Å². The number of hydrogen-bond donors (Lipinski definition) is 0. The minimum Gasteiger partial charge on any atom is -0.447 e. The van der Waals surface area contributed by atoms with Crippen LogP contribution in [0, 0.1) is 0 Å². The fourth-order valence-electron chi connectivity index (χ4n) is 2.49. The van der Waals surface area contributed by atoms with Crippen LogP contribution in [0.4, 0.5) is 4.79 Å². The molecule has 3 rings (SSSR count). The molecule has 3 heterocycles. The second-order valence-corrected chi connectivity index (χ2v) is 6.17. The molecule has 0 radical (unpaired) electrons. The van der Waals surface area contributed by atoms with Gasteiger partial charge in [0.25, 0.3) is 5.22 Å². The van der Waals surface area contributed by atoms with Gasteiger partial charge in [0.05, 0.1) is 18.8 Å². The van der Waals surface area contributed by atoms with Crippen LogP contribution in [0.3, 0.4) is 0 Å². The van der Waals surface area contributed by atoms with Gasteiger partial charge in [0.2, 0.25) is 11.8 Å². The van der Waals surface area contributed by atoms with Crippen LogP contribution in [0.5, 0.6) is 0 Å². The van der Waals surface area contributed by atoms with E-state index in [1.165, 1.54) is 19.3 Å². The zero-order chi connectivity index (χ0) is 15.4. The van der Waals surface area contributed by atoms with Gasteiger partial charge in [0.15, 0.2) is 0 Å². The first-order valence-corrected chi connectivity index (χ1v) is 8.35. The molecule has 0 N–H and O–H groups in total. The Morgan fingerprint density at radius 1 is 1.18 bits per heavy atom. The summed E-state index contributed by atoms with van der Waals surface area (Å²) in [6.45, 7) is 3.33. The van der Waals surface area contributed by atoms with E-state index in [4.69, 9.17) is 9.15 Å². The van der Waals surface area contributed by atoms with Crippen LogP contribution < -0.4 is 0 Å². The Morgan fingerprint density at radius 2 is 2.00 bits per heavy atom. The largest absolute Gasteiger partial charge is 0.447 e. The smallest absolute Gasteiger partial charge is 0.416 e. The van der Waals surface area contributed by atoms with Crippen LogP contribution in [0.25, 0.3) is 0 Å². The van der Waals surface area contributed by atoms with Crippen molar-refractivity contribution >= 4 is 23.8 Å². The number of piperidine rings is 1. The molecule has 9 heteroatoms. The first-order chi connectivity index (χ1) is 10.7. The van der Waals surface area contributed by atoms with E-state index in [1.807, 2.05) is 0 Å². The Kier molecular flexibility index (Phi) is 4.94. The number of likely N-dealkylation sites (tertiary alicyclic amines) is 1. The highest BCUT2D eigenvalue weighted by Crippen LogP contribution is 2.19. The normalized spacial score (nSPS) is 19.5. The highest BCUT2D eigenvalue weighted by atomic mass is 32.2. The van der Waals surface area contributed by atoms with E-state index >= 15 is 0 Å². The topological polar surface area (TPSA) is 88.8 Å². The second kappa shape index (κ2) is 7.10. The van der Waals surface area contributed by atoms with Crippen molar-refractivity contribution in [2.24, 2.45) is 0 Å². The average molecular weight is 326 g/mol. The minimum atomic E-state index is -0.582. The minimum absolute atomic E-state index is 0.0838. The zero-order valence-electron chi connectivity index (χ0n) is 12.2. The van der Waals surface area contributed by atoms with E-state index in [0.717, 1.165) is 29.8 Å². The lowest BCUT2D eigenvalue weighted by molar-refractivity contribution is -0.125. The summed E-state index contributed by atoms with van der Waals surface area (Å²) in [7, 11) is 0. The van der Waals surface area contributed by atoms with E-state index in [-0.39, 0.29) is 18.3 Å². The monoisotopic (exact) mass is 326 g/mol. The zero-order valence-corrected chi connectivity index (χ0v) is 13.0. The van der Waals surface area contributed by atoms with Gasteiger partial charge < -0.3 is 9.15 Å². The molecule has 0 unspecified atom stereocenters. The molecule has 0 atom stereocenters. The molecule has 0 spiro atoms. The molecule has 0 bridgehead atoms. The molecule has 2 fully saturated rings. The van der Waals surface area contributed by atoms with Crippen LogP contribution in [-0.4, -0.2) is 64.0 Å². The van der Waals surface area contributed by atoms with Crippen molar-refractivity contribution in [3.05, 3.63) is 5.89 Å². The van der Waals surface area contributed by atoms with E-state index in [0.29, 0.717) is 24.2 Å². The lowest BCUT2D eigenvalue weighted by Crippen LogP contribution is -2.32. The Morgan fingerprint density at radius 3 is 2.73 bits per heavy atom. The molecule has 0 aromatic carbocycles. The van der Waals surface area contributed by atoms with Crippen LogP contribution in [0.2, 0.25) is 0 Å². The fourth-order valence-corrected chi connectivity index (χ4v) is 3.15. The van der Waals surface area contributed by atoms with E-state index < -0.39 is 6.09 Å². The first-order valence-electron chi connectivity index (χ1n) is 7.37. The quantitative estimate of drug-likeness (QED) is 0.744. The second-order valence-electron chi connectivity index (χ2n) is 5.25. The number of ether oxygens (including phenoxy) is 1. The maximum atomic E-state index is 11.9.